The molecule has 8 heteroatoms. The highest BCUT2D eigenvalue weighted by Crippen LogP contribution is 2.31. The summed E-state index contributed by atoms with van der Waals surface area (Å²) < 4.78 is 24.9. The SMILES string of the molecule is CS(=O)(=O)N1CCCC1C(=O)N1CC(=O)Nc2ccccc21. The molecule has 1 saturated heterocycles. The van der Waals surface area contributed by atoms with Gasteiger partial charge < -0.3 is 5.32 Å². The molecule has 2 heterocycles. The van der Waals surface area contributed by atoms with Gasteiger partial charge in [0.1, 0.15) is 12.6 Å². The van der Waals surface area contributed by atoms with Gasteiger partial charge in [0.2, 0.25) is 21.8 Å². The molecule has 0 aliphatic carbocycles. The van der Waals surface area contributed by atoms with Crippen LogP contribution in [0.1, 0.15) is 12.8 Å². The molecule has 1 N–H and O–H groups in total. The number of para-hydroxylation sites is 2. The van der Waals surface area contributed by atoms with E-state index >= 15 is 0 Å². The Labute approximate surface area is 128 Å². The lowest BCUT2D eigenvalue weighted by molar-refractivity contribution is -0.124. The first-order valence-electron chi connectivity index (χ1n) is 7.05. The Morgan fingerprint density at radius 1 is 1.32 bits per heavy atom. The average molecular weight is 323 g/mol. The largest absolute Gasteiger partial charge is 0.323 e. The zero-order valence-electron chi connectivity index (χ0n) is 12.2. The van der Waals surface area contributed by atoms with Crippen LogP contribution >= 0.6 is 0 Å². The maximum Gasteiger partial charge on any atom is 0.245 e. The van der Waals surface area contributed by atoms with Crippen molar-refractivity contribution in [3.63, 3.8) is 0 Å². The van der Waals surface area contributed by atoms with E-state index in [1.165, 1.54) is 9.21 Å². The van der Waals surface area contributed by atoms with Crippen molar-refractivity contribution in [3.05, 3.63) is 24.3 Å². The molecule has 0 aromatic heterocycles. The van der Waals surface area contributed by atoms with Crippen LogP contribution in [0.4, 0.5) is 11.4 Å². The number of carbonyl (C=O) groups is 2. The first-order chi connectivity index (χ1) is 10.4. The van der Waals surface area contributed by atoms with Gasteiger partial charge in [-0.15, -0.1) is 0 Å². The molecule has 1 aromatic rings. The van der Waals surface area contributed by atoms with Crippen molar-refractivity contribution in [3.8, 4) is 0 Å². The van der Waals surface area contributed by atoms with E-state index in [-0.39, 0.29) is 18.4 Å². The molecule has 0 spiro atoms. The number of nitrogens with zero attached hydrogens (tertiary/aromatic N) is 2. The van der Waals surface area contributed by atoms with Crippen molar-refractivity contribution in [1.82, 2.24) is 4.31 Å². The van der Waals surface area contributed by atoms with Crippen LogP contribution in [0.3, 0.4) is 0 Å². The van der Waals surface area contributed by atoms with Gasteiger partial charge in [-0.25, -0.2) is 8.42 Å². The summed E-state index contributed by atoms with van der Waals surface area (Å²) in [5.74, 6) is -0.624. The molecule has 7 nitrogen and oxygen atoms in total. The van der Waals surface area contributed by atoms with Crippen molar-refractivity contribution in [2.24, 2.45) is 0 Å². The smallest absolute Gasteiger partial charge is 0.245 e. The van der Waals surface area contributed by atoms with E-state index in [1.807, 2.05) is 0 Å². The predicted molar refractivity (Wildman–Crippen MR) is 82.0 cm³/mol. The van der Waals surface area contributed by atoms with E-state index in [1.54, 1.807) is 24.3 Å². The minimum Gasteiger partial charge on any atom is -0.323 e. The summed E-state index contributed by atoms with van der Waals surface area (Å²) in [5, 5.41) is 2.71. The standard InChI is InChI=1S/C14H17N3O4S/c1-22(20,21)17-8-4-7-12(17)14(19)16-9-13(18)15-10-5-2-3-6-11(10)16/h2-3,5-6,12H,4,7-9H2,1H3,(H,15,18). The second kappa shape index (κ2) is 5.36. The van der Waals surface area contributed by atoms with Crippen molar-refractivity contribution in [2.45, 2.75) is 18.9 Å². The normalized spacial score (nSPS) is 22.3. The maximum atomic E-state index is 12.8. The number of carbonyl (C=O) groups excluding carboxylic acids is 2. The molecule has 1 atom stereocenters. The average Bonchev–Trinajstić information content (AvgIpc) is 2.95. The lowest BCUT2D eigenvalue weighted by Crippen LogP contribution is -2.51. The Bertz CT molecular complexity index is 731. The highest BCUT2D eigenvalue weighted by molar-refractivity contribution is 7.88. The highest BCUT2D eigenvalue weighted by atomic mass is 32.2. The quantitative estimate of drug-likeness (QED) is 0.853. The van der Waals surface area contributed by atoms with Gasteiger partial charge in [0.25, 0.3) is 0 Å². The van der Waals surface area contributed by atoms with E-state index in [0.717, 1.165) is 6.26 Å². The fourth-order valence-electron chi connectivity index (χ4n) is 2.99. The number of fused-ring (bicyclic) bond motifs is 1. The zero-order chi connectivity index (χ0) is 15.9. The van der Waals surface area contributed by atoms with E-state index in [4.69, 9.17) is 0 Å². The van der Waals surface area contributed by atoms with Gasteiger partial charge in [-0.2, -0.15) is 4.31 Å². The molecule has 0 radical (unpaired) electrons. The van der Waals surface area contributed by atoms with Gasteiger partial charge in [0, 0.05) is 6.54 Å². The molecule has 0 saturated carbocycles. The Morgan fingerprint density at radius 2 is 2.05 bits per heavy atom. The van der Waals surface area contributed by atoms with Gasteiger partial charge in [-0.05, 0) is 25.0 Å². The molecule has 1 aromatic carbocycles. The van der Waals surface area contributed by atoms with Gasteiger partial charge in [-0.1, -0.05) is 12.1 Å². The Morgan fingerprint density at radius 3 is 2.77 bits per heavy atom. The van der Waals surface area contributed by atoms with Gasteiger partial charge in [0.05, 0.1) is 17.6 Å². The number of benzene rings is 1. The number of nitrogens with one attached hydrogen (secondary N) is 1. The third kappa shape index (κ3) is 2.59. The van der Waals surface area contributed by atoms with E-state index < -0.39 is 16.1 Å². The first kappa shape index (κ1) is 15.0. The summed E-state index contributed by atoms with van der Waals surface area (Å²) >= 11 is 0. The summed E-state index contributed by atoms with van der Waals surface area (Å²) in [4.78, 5) is 26.0. The molecule has 1 fully saturated rings. The monoisotopic (exact) mass is 323 g/mol. The van der Waals surface area contributed by atoms with Crippen molar-refractivity contribution in [2.75, 3.05) is 29.6 Å². The fourth-order valence-corrected chi connectivity index (χ4v) is 4.11. The van der Waals surface area contributed by atoms with Crippen LogP contribution < -0.4 is 10.2 Å². The lowest BCUT2D eigenvalue weighted by Gasteiger charge is -2.32. The zero-order valence-corrected chi connectivity index (χ0v) is 13.0. The summed E-state index contributed by atoms with van der Waals surface area (Å²) in [5.41, 5.74) is 1.17. The van der Waals surface area contributed by atoms with Crippen LogP contribution in [0, 0.1) is 0 Å². The minimum atomic E-state index is -3.44. The van der Waals surface area contributed by atoms with E-state index in [9.17, 15) is 18.0 Å². The summed E-state index contributed by atoms with van der Waals surface area (Å²) in [6, 6.07) is 6.28. The Hall–Kier alpha value is -1.93. The summed E-state index contributed by atoms with van der Waals surface area (Å²) in [6.07, 6.45) is 2.23. The van der Waals surface area contributed by atoms with Crippen LogP contribution in [-0.2, 0) is 19.6 Å². The third-order valence-electron chi connectivity index (χ3n) is 3.95. The van der Waals surface area contributed by atoms with Crippen molar-refractivity contribution >= 4 is 33.2 Å². The number of rotatable bonds is 2. The third-order valence-corrected chi connectivity index (χ3v) is 5.24. The number of sulfonamides is 1. The van der Waals surface area contributed by atoms with Crippen LogP contribution in [0.2, 0.25) is 0 Å². The van der Waals surface area contributed by atoms with Crippen molar-refractivity contribution < 1.29 is 18.0 Å². The molecule has 2 aliphatic rings. The van der Waals surface area contributed by atoms with Gasteiger partial charge >= 0.3 is 0 Å². The molecule has 3 rings (SSSR count). The second-order valence-corrected chi connectivity index (χ2v) is 7.46. The van der Waals surface area contributed by atoms with Crippen LogP contribution in [0.5, 0.6) is 0 Å². The number of anilines is 2. The van der Waals surface area contributed by atoms with Crippen LogP contribution in [0.15, 0.2) is 24.3 Å². The molecule has 118 valence electrons. The number of hydrogen-bond donors (Lipinski definition) is 1. The molecule has 22 heavy (non-hydrogen) atoms. The van der Waals surface area contributed by atoms with Gasteiger partial charge in [0.15, 0.2) is 0 Å². The fraction of sp³-hybridized carbons (Fsp3) is 0.429. The number of hydrogen-bond acceptors (Lipinski definition) is 4. The minimum absolute atomic E-state index is 0.0933. The molecule has 0 bridgehead atoms. The first-order valence-corrected chi connectivity index (χ1v) is 8.90. The molecule has 2 amide bonds. The van der Waals surface area contributed by atoms with E-state index in [0.29, 0.717) is 30.8 Å². The Balaban J connectivity index is 1.94. The van der Waals surface area contributed by atoms with Crippen LogP contribution in [-0.4, -0.2) is 49.9 Å². The predicted octanol–water partition coefficient (Wildman–Crippen LogP) is 0.396. The van der Waals surface area contributed by atoms with Gasteiger partial charge in [-0.3, -0.25) is 14.5 Å². The summed E-state index contributed by atoms with van der Waals surface area (Å²) in [7, 11) is -3.44. The second-order valence-electron chi connectivity index (χ2n) is 5.52. The van der Waals surface area contributed by atoms with Crippen molar-refractivity contribution in [1.29, 1.82) is 0 Å². The molecular formula is C14H17N3O4S. The molecular weight excluding hydrogens is 306 g/mol. The Kier molecular flexibility index (Phi) is 3.65. The highest BCUT2D eigenvalue weighted by Gasteiger charge is 2.40. The molecule has 1 unspecified atom stereocenters. The summed E-state index contributed by atoms with van der Waals surface area (Å²) in [6.45, 7) is 0.251. The van der Waals surface area contributed by atoms with Crippen LogP contribution in [0.25, 0.3) is 0 Å². The van der Waals surface area contributed by atoms with E-state index in [2.05, 4.69) is 5.32 Å². The lowest BCUT2D eigenvalue weighted by atomic mass is 10.1. The topological polar surface area (TPSA) is 86.8 Å². The maximum absolute atomic E-state index is 12.8. The molecule has 2 aliphatic heterocycles. The number of amides is 2.